The molecule has 0 amide bonds. The van der Waals surface area contributed by atoms with Gasteiger partial charge in [-0.15, -0.1) is 0 Å². The van der Waals surface area contributed by atoms with E-state index in [9.17, 15) is 4.79 Å². The maximum absolute atomic E-state index is 11.0. The summed E-state index contributed by atoms with van der Waals surface area (Å²) in [4.78, 5) is 15.7. The second-order valence-corrected chi connectivity index (χ2v) is 4.74. The van der Waals surface area contributed by atoms with Crippen molar-refractivity contribution in [3.8, 4) is 0 Å². The van der Waals surface area contributed by atoms with Crippen molar-refractivity contribution >= 4 is 5.97 Å². The molecule has 1 saturated heterocycles. The van der Waals surface area contributed by atoms with Gasteiger partial charge in [-0.25, -0.2) is 0 Å². The van der Waals surface area contributed by atoms with E-state index in [-0.39, 0.29) is 5.97 Å². The number of piperidine rings is 1. The van der Waals surface area contributed by atoms with Crippen molar-refractivity contribution in [1.82, 2.24) is 9.80 Å². The summed E-state index contributed by atoms with van der Waals surface area (Å²) in [6.45, 7) is 3.32. The van der Waals surface area contributed by atoms with Crippen LogP contribution < -0.4 is 0 Å². The maximum atomic E-state index is 11.0. The standard InChI is InChI=1S/C12H24N2O2/c1-13(2)11-6-4-8-14(10-11)9-5-7-12(15)16-3/h11H,4-10H2,1-3H3. The fourth-order valence-corrected chi connectivity index (χ4v) is 2.20. The Morgan fingerprint density at radius 1 is 1.50 bits per heavy atom. The molecule has 0 saturated carbocycles. The molecule has 1 fully saturated rings. The molecular formula is C12H24N2O2. The van der Waals surface area contributed by atoms with Crippen molar-refractivity contribution < 1.29 is 9.53 Å². The molecule has 0 spiro atoms. The highest BCUT2D eigenvalue weighted by atomic mass is 16.5. The lowest BCUT2D eigenvalue weighted by Gasteiger charge is -2.36. The van der Waals surface area contributed by atoms with E-state index in [0.29, 0.717) is 12.5 Å². The minimum atomic E-state index is -0.0961. The molecule has 94 valence electrons. The molecule has 4 heteroatoms. The Hall–Kier alpha value is -0.610. The number of likely N-dealkylation sites (N-methyl/N-ethyl adjacent to an activating group) is 1. The maximum Gasteiger partial charge on any atom is 0.305 e. The second-order valence-electron chi connectivity index (χ2n) is 4.74. The van der Waals surface area contributed by atoms with Crippen molar-refractivity contribution in [2.24, 2.45) is 0 Å². The van der Waals surface area contributed by atoms with Gasteiger partial charge in [-0.05, 0) is 46.4 Å². The monoisotopic (exact) mass is 228 g/mol. The zero-order valence-corrected chi connectivity index (χ0v) is 10.7. The summed E-state index contributed by atoms with van der Waals surface area (Å²) in [6.07, 6.45) is 4.01. The molecule has 0 aromatic rings. The Bertz CT molecular complexity index is 219. The smallest absolute Gasteiger partial charge is 0.305 e. The molecule has 1 atom stereocenters. The van der Waals surface area contributed by atoms with Crippen LogP contribution in [-0.4, -0.2) is 62.7 Å². The van der Waals surface area contributed by atoms with Gasteiger partial charge < -0.3 is 14.5 Å². The van der Waals surface area contributed by atoms with E-state index in [2.05, 4.69) is 28.6 Å². The molecule has 1 rings (SSSR count). The van der Waals surface area contributed by atoms with E-state index >= 15 is 0 Å². The van der Waals surface area contributed by atoms with Gasteiger partial charge in [0.2, 0.25) is 0 Å². The lowest BCUT2D eigenvalue weighted by molar-refractivity contribution is -0.140. The minimum absolute atomic E-state index is 0.0961. The average molecular weight is 228 g/mol. The Morgan fingerprint density at radius 2 is 2.25 bits per heavy atom. The van der Waals surface area contributed by atoms with Gasteiger partial charge in [0.25, 0.3) is 0 Å². The van der Waals surface area contributed by atoms with Gasteiger partial charge in [-0.2, -0.15) is 0 Å². The van der Waals surface area contributed by atoms with E-state index in [0.717, 1.165) is 19.5 Å². The summed E-state index contributed by atoms with van der Waals surface area (Å²) < 4.78 is 4.63. The summed E-state index contributed by atoms with van der Waals surface area (Å²) in [7, 11) is 5.73. The zero-order valence-electron chi connectivity index (χ0n) is 10.7. The Morgan fingerprint density at radius 3 is 2.88 bits per heavy atom. The number of carbonyl (C=O) groups is 1. The number of nitrogens with zero attached hydrogens (tertiary/aromatic N) is 2. The van der Waals surface area contributed by atoms with Crippen LogP contribution in [0.5, 0.6) is 0 Å². The molecule has 0 bridgehead atoms. The van der Waals surface area contributed by atoms with E-state index in [4.69, 9.17) is 0 Å². The highest BCUT2D eigenvalue weighted by Crippen LogP contribution is 2.14. The lowest BCUT2D eigenvalue weighted by Crippen LogP contribution is -2.45. The van der Waals surface area contributed by atoms with Crippen molar-refractivity contribution in [3.05, 3.63) is 0 Å². The third-order valence-corrected chi connectivity index (χ3v) is 3.29. The fourth-order valence-electron chi connectivity index (χ4n) is 2.20. The second kappa shape index (κ2) is 6.86. The Kier molecular flexibility index (Phi) is 5.77. The molecule has 4 nitrogen and oxygen atoms in total. The summed E-state index contributed by atoms with van der Waals surface area (Å²) in [5.41, 5.74) is 0. The first-order chi connectivity index (χ1) is 7.63. The molecule has 1 heterocycles. The first kappa shape index (κ1) is 13.5. The number of carbonyl (C=O) groups excluding carboxylic acids is 1. The molecule has 1 unspecified atom stereocenters. The van der Waals surface area contributed by atoms with Crippen LogP contribution in [0.25, 0.3) is 0 Å². The first-order valence-corrected chi connectivity index (χ1v) is 6.09. The minimum Gasteiger partial charge on any atom is -0.469 e. The van der Waals surface area contributed by atoms with Gasteiger partial charge in [-0.3, -0.25) is 4.79 Å². The topological polar surface area (TPSA) is 32.8 Å². The molecule has 1 aliphatic heterocycles. The zero-order chi connectivity index (χ0) is 12.0. The SMILES string of the molecule is COC(=O)CCCN1CCCC(N(C)C)C1. The molecule has 0 N–H and O–H groups in total. The van der Waals surface area contributed by atoms with Crippen LogP contribution in [0, 0.1) is 0 Å². The van der Waals surface area contributed by atoms with Crippen LogP contribution in [0.4, 0.5) is 0 Å². The molecule has 0 aromatic carbocycles. The normalized spacial score (nSPS) is 22.4. The number of hydrogen-bond donors (Lipinski definition) is 0. The highest BCUT2D eigenvalue weighted by molar-refractivity contribution is 5.69. The molecule has 16 heavy (non-hydrogen) atoms. The predicted molar refractivity (Wildman–Crippen MR) is 64.4 cm³/mol. The van der Waals surface area contributed by atoms with Crippen LogP contribution in [0.1, 0.15) is 25.7 Å². The van der Waals surface area contributed by atoms with Gasteiger partial charge in [0.1, 0.15) is 0 Å². The van der Waals surface area contributed by atoms with E-state index < -0.39 is 0 Å². The third kappa shape index (κ3) is 4.49. The van der Waals surface area contributed by atoms with Gasteiger partial charge in [0.05, 0.1) is 7.11 Å². The molecule has 0 aliphatic carbocycles. The third-order valence-electron chi connectivity index (χ3n) is 3.29. The molecular weight excluding hydrogens is 204 g/mol. The first-order valence-electron chi connectivity index (χ1n) is 6.09. The Balaban J connectivity index is 2.19. The van der Waals surface area contributed by atoms with Crippen LogP contribution in [-0.2, 0) is 9.53 Å². The number of esters is 1. The molecule has 1 aliphatic rings. The largest absolute Gasteiger partial charge is 0.469 e. The summed E-state index contributed by atoms with van der Waals surface area (Å²) in [5, 5.41) is 0. The van der Waals surface area contributed by atoms with Crippen LogP contribution in [0.3, 0.4) is 0 Å². The van der Waals surface area contributed by atoms with Gasteiger partial charge in [0, 0.05) is 19.0 Å². The van der Waals surface area contributed by atoms with Crippen LogP contribution in [0.2, 0.25) is 0 Å². The summed E-state index contributed by atoms with van der Waals surface area (Å²) >= 11 is 0. The lowest BCUT2D eigenvalue weighted by atomic mass is 10.0. The van der Waals surface area contributed by atoms with Gasteiger partial charge >= 0.3 is 5.97 Å². The average Bonchev–Trinajstić information content (AvgIpc) is 2.29. The number of hydrogen-bond acceptors (Lipinski definition) is 4. The van der Waals surface area contributed by atoms with Crippen molar-refractivity contribution in [2.45, 2.75) is 31.7 Å². The number of rotatable bonds is 5. The number of likely N-dealkylation sites (tertiary alicyclic amines) is 1. The van der Waals surface area contributed by atoms with E-state index in [1.807, 2.05) is 0 Å². The van der Waals surface area contributed by atoms with Crippen LogP contribution in [0.15, 0.2) is 0 Å². The highest BCUT2D eigenvalue weighted by Gasteiger charge is 2.20. The fraction of sp³-hybridized carbons (Fsp3) is 0.917. The molecule has 0 radical (unpaired) electrons. The van der Waals surface area contributed by atoms with Crippen molar-refractivity contribution in [2.75, 3.05) is 40.8 Å². The van der Waals surface area contributed by atoms with Crippen molar-refractivity contribution in [3.63, 3.8) is 0 Å². The van der Waals surface area contributed by atoms with Crippen LogP contribution >= 0.6 is 0 Å². The summed E-state index contributed by atoms with van der Waals surface area (Å²) in [6, 6.07) is 0.673. The van der Waals surface area contributed by atoms with E-state index in [1.165, 1.54) is 26.5 Å². The quantitative estimate of drug-likeness (QED) is 0.656. The number of ether oxygens (including phenoxy) is 1. The van der Waals surface area contributed by atoms with Crippen molar-refractivity contribution in [1.29, 1.82) is 0 Å². The summed E-state index contributed by atoms with van der Waals surface area (Å²) in [5.74, 6) is -0.0961. The van der Waals surface area contributed by atoms with E-state index in [1.54, 1.807) is 0 Å². The Labute approximate surface area is 98.5 Å². The number of methoxy groups -OCH3 is 1. The molecule has 0 aromatic heterocycles. The van der Waals surface area contributed by atoms with Gasteiger partial charge in [-0.1, -0.05) is 0 Å². The predicted octanol–water partition coefficient (Wildman–Crippen LogP) is 0.966. The van der Waals surface area contributed by atoms with Gasteiger partial charge in [0.15, 0.2) is 0 Å².